The van der Waals surface area contributed by atoms with Crippen LogP contribution in [0.2, 0.25) is 0 Å². The number of carboxylic acid groups (broad SMARTS) is 1. The van der Waals surface area contributed by atoms with Gasteiger partial charge in [-0.05, 0) is 43.9 Å². The second kappa shape index (κ2) is 5.90. The smallest absolute Gasteiger partial charge is 0.335 e. The molecule has 0 bridgehead atoms. The maximum Gasteiger partial charge on any atom is 0.335 e. The van der Waals surface area contributed by atoms with Crippen molar-refractivity contribution in [1.29, 1.82) is 0 Å². The first-order chi connectivity index (χ1) is 9.38. The summed E-state index contributed by atoms with van der Waals surface area (Å²) in [4.78, 5) is 10.8. The minimum Gasteiger partial charge on any atom is -0.478 e. The molecule has 1 fully saturated rings. The third-order valence-electron chi connectivity index (χ3n) is 3.36. The van der Waals surface area contributed by atoms with Crippen LogP contribution in [0.5, 0.6) is 0 Å². The van der Waals surface area contributed by atoms with Gasteiger partial charge in [0.05, 0.1) is 16.6 Å². The van der Waals surface area contributed by atoms with Crippen molar-refractivity contribution in [1.82, 2.24) is 4.72 Å². The van der Waals surface area contributed by atoms with E-state index in [2.05, 4.69) is 4.72 Å². The number of carboxylic acids is 1. The van der Waals surface area contributed by atoms with Crippen LogP contribution in [0.1, 0.15) is 36.0 Å². The predicted octanol–water partition coefficient (Wildman–Crippen LogP) is 0.967. The zero-order valence-corrected chi connectivity index (χ0v) is 11.6. The molecule has 3 N–H and O–H groups in total. The number of aliphatic hydroxyl groups is 1. The lowest BCUT2D eigenvalue weighted by Gasteiger charge is -2.26. The molecule has 0 heterocycles. The van der Waals surface area contributed by atoms with Crippen molar-refractivity contribution in [2.75, 3.05) is 0 Å². The van der Waals surface area contributed by atoms with Gasteiger partial charge in [-0.25, -0.2) is 17.9 Å². The highest BCUT2D eigenvalue weighted by Crippen LogP contribution is 2.21. The van der Waals surface area contributed by atoms with Crippen molar-refractivity contribution < 1.29 is 23.4 Å². The van der Waals surface area contributed by atoms with Crippen molar-refractivity contribution >= 4 is 16.0 Å². The highest BCUT2D eigenvalue weighted by molar-refractivity contribution is 7.89. The summed E-state index contributed by atoms with van der Waals surface area (Å²) in [5, 5.41) is 18.4. The molecule has 0 saturated heterocycles. The summed E-state index contributed by atoms with van der Waals surface area (Å²) < 4.78 is 26.9. The monoisotopic (exact) mass is 299 g/mol. The molecule has 2 atom stereocenters. The summed E-state index contributed by atoms with van der Waals surface area (Å²) in [6.45, 7) is 0. The molecule has 2 rings (SSSR count). The van der Waals surface area contributed by atoms with Crippen molar-refractivity contribution in [2.24, 2.45) is 0 Å². The highest BCUT2D eigenvalue weighted by Gasteiger charge is 2.25. The summed E-state index contributed by atoms with van der Waals surface area (Å²) in [5.41, 5.74) is -0.0726. The van der Waals surface area contributed by atoms with Crippen molar-refractivity contribution in [3.63, 3.8) is 0 Å². The fourth-order valence-electron chi connectivity index (χ4n) is 2.35. The lowest BCUT2D eigenvalue weighted by atomic mass is 9.94. The van der Waals surface area contributed by atoms with Crippen LogP contribution in [-0.4, -0.2) is 36.7 Å². The minimum absolute atomic E-state index is 0.0718. The van der Waals surface area contributed by atoms with Gasteiger partial charge < -0.3 is 10.2 Å². The molecule has 1 aliphatic carbocycles. The summed E-state index contributed by atoms with van der Waals surface area (Å²) in [6.07, 6.45) is 2.03. The molecule has 0 radical (unpaired) electrons. The lowest BCUT2D eigenvalue weighted by Crippen LogP contribution is -2.39. The Labute approximate surface area is 117 Å². The van der Waals surface area contributed by atoms with Gasteiger partial charge in [0.1, 0.15) is 0 Å². The van der Waals surface area contributed by atoms with Gasteiger partial charge in [-0.3, -0.25) is 0 Å². The largest absolute Gasteiger partial charge is 0.478 e. The molecule has 7 heteroatoms. The fourth-order valence-corrected chi connectivity index (χ4v) is 3.68. The van der Waals surface area contributed by atoms with E-state index in [4.69, 9.17) is 5.11 Å². The number of rotatable bonds is 4. The average Bonchev–Trinajstić information content (AvgIpc) is 2.38. The molecule has 0 aromatic heterocycles. The molecule has 0 spiro atoms. The van der Waals surface area contributed by atoms with E-state index in [9.17, 15) is 18.3 Å². The second-order valence-corrected chi connectivity index (χ2v) is 6.69. The van der Waals surface area contributed by atoms with Crippen LogP contribution < -0.4 is 4.72 Å². The number of carbonyl (C=O) groups is 1. The molecule has 1 aromatic rings. The normalized spacial score (nSPS) is 23.4. The van der Waals surface area contributed by atoms with Gasteiger partial charge in [0.2, 0.25) is 10.0 Å². The number of hydrogen-bond donors (Lipinski definition) is 3. The number of sulfonamides is 1. The van der Waals surface area contributed by atoms with Gasteiger partial charge >= 0.3 is 5.97 Å². The Kier molecular flexibility index (Phi) is 4.42. The van der Waals surface area contributed by atoms with E-state index >= 15 is 0 Å². The Bertz CT molecular complexity index is 599. The predicted molar refractivity (Wildman–Crippen MR) is 72.0 cm³/mol. The molecule has 0 amide bonds. The molecule has 6 nitrogen and oxygen atoms in total. The maximum absolute atomic E-state index is 12.2. The van der Waals surface area contributed by atoms with Crippen molar-refractivity contribution in [2.45, 2.75) is 42.7 Å². The third kappa shape index (κ3) is 3.56. The van der Waals surface area contributed by atoms with Gasteiger partial charge in [-0.2, -0.15) is 0 Å². The molecular formula is C13H17NO5S. The van der Waals surface area contributed by atoms with Crippen molar-refractivity contribution in [3.05, 3.63) is 29.8 Å². The van der Waals surface area contributed by atoms with Crippen LogP contribution in [0.3, 0.4) is 0 Å². The van der Waals surface area contributed by atoms with E-state index in [0.29, 0.717) is 19.3 Å². The van der Waals surface area contributed by atoms with E-state index in [0.717, 1.165) is 12.5 Å². The number of benzene rings is 1. The van der Waals surface area contributed by atoms with E-state index in [-0.39, 0.29) is 16.5 Å². The Morgan fingerprint density at radius 1 is 1.30 bits per heavy atom. The summed E-state index contributed by atoms with van der Waals surface area (Å²) in [6, 6.07) is 4.91. The zero-order valence-electron chi connectivity index (χ0n) is 10.8. The van der Waals surface area contributed by atoms with Crippen LogP contribution in [-0.2, 0) is 10.0 Å². The van der Waals surface area contributed by atoms with Gasteiger partial charge in [0, 0.05) is 6.04 Å². The quantitative estimate of drug-likeness (QED) is 0.768. The van der Waals surface area contributed by atoms with Crippen LogP contribution in [0.15, 0.2) is 29.2 Å². The number of aromatic carboxylic acids is 1. The topological polar surface area (TPSA) is 104 Å². The van der Waals surface area contributed by atoms with E-state index in [1.807, 2.05) is 0 Å². The maximum atomic E-state index is 12.2. The molecular weight excluding hydrogens is 282 g/mol. The van der Waals surface area contributed by atoms with Crippen LogP contribution in [0, 0.1) is 0 Å². The van der Waals surface area contributed by atoms with E-state index in [1.165, 1.54) is 18.2 Å². The Hall–Kier alpha value is -1.44. The average molecular weight is 299 g/mol. The van der Waals surface area contributed by atoms with Crippen LogP contribution in [0.4, 0.5) is 0 Å². The van der Waals surface area contributed by atoms with Crippen LogP contribution in [0.25, 0.3) is 0 Å². The first kappa shape index (κ1) is 15.0. The van der Waals surface area contributed by atoms with E-state index < -0.39 is 22.1 Å². The van der Waals surface area contributed by atoms with Gasteiger partial charge in [-0.1, -0.05) is 6.07 Å². The standard InChI is InChI=1S/C13H17NO5S/c15-11-5-2-4-10(8-11)14-20(18,19)12-6-1-3-9(7-12)13(16)17/h1,3,6-7,10-11,14-15H,2,4-5,8H2,(H,16,17)/t10-,11+/m1/s1. The third-order valence-corrected chi connectivity index (χ3v) is 4.88. The highest BCUT2D eigenvalue weighted by atomic mass is 32.2. The molecule has 1 aliphatic rings. The summed E-state index contributed by atoms with van der Waals surface area (Å²) in [5.74, 6) is -1.17. The molecule has 110 valence electrons. The fraction of sp³-hybridized carbons (Fsp3) is 0.462. The number of hydrogen-bond acceptors (Lipinski definition) is 4. The Balaban J connectivity index is 2.17. The molecule has 1 aromatic carbocycles. The minimum atomic E-state index is -3.76. The second-order valence-electron chi connectivity index (χ2n) is 4.97. The summed E-state index contributed by atoms with van der Waals surface area (Å²) >= 11 is 0. The molecule has 0 unspecified atom stereocenters. The first-order valence-corrected chi connectivity index (χ1v) is 7.90. The lowest BCUT2D eigenvalue weighted by molar-refractivity contribution is 0.0696. The summed E-state index contributed by atoms with van der Waals surface area (Å²) in [7, 11) is -3.76. The molecule has 0 aliphatic heterocycles. The Morgan fingerprint density at radius 3 is 2.70 bits per heavy atom. The molecule has 1 saturated carbocycles. The number of aliphatic hydroxyl groups excluding tert-OH is 1. The van der Waals surface area contributed by atoms with E-state index in [1.54, 1.807) is 0 Å². The van der Waals surface area contributed by atoms with Crippen LogP contribution >= 0.6 is 0 Å². The first-order valence-electron chi connectivity index (χ1n) is 6.42. The Morgan fingerprint density at radius 2 is 2.05 bits per heavy atom. The zero-order chi connectivity index (χ0) is 14.8. The van der Waals surface area contributed by atoms with Crippen molar-refractivity contribution in [3.8, 4) is 0 Å². The molecule has 20 heavy (non-hydrogen) atoms. The van der Waals surface area contributed by atoms with Gasteiger partial charge in [0.15, 0.2) is 0 Å². The van der Waals surface area contributed by atoms with Gasteiger partial charge in [-0.15, -0.1) is 0 Å². The SMILES string of the molecule is O=C(O)c1cccc(S(=O)(=O)N[C@@H]2CCC[C@H](O)C2)c1. The van der Waals surface area contributed by atoms with Gasteiger partial charge in [0.25, 0.3) is 0 Å². The number of nitrogens with one attached hydrogen (secondary N) is 1.